The van der Waals surface area contributed by atoms with Crippen molar-refractivity contribution in [2.75, 3.05) is 13.6 Å². The number of nitrogens with zero attached hydrogens (tertiary/aromatic N) is 2. The van der Waals surface area contributed by atoms with Crippen molar-refractivity contribution in [3.8, 4) is 0 Å². The minimum atomic E-state index is 0.0362. The van der Waals surface area contributed by atoms with Crippen molar-refractivity contribution in [3.63, 3.8) is 0 Å². The van der Waals surface area contributed by atoms with Crippen LogP contribution in [0.4, 0.5) is 0 Å². The summed E-state index contributed by atoms with van der Waals surface area (Å²) in [5.74, 6) is 0.0362. The van der Waals surface area contributed by atoms with E-state index in [-0.39, 0.29) is 18.0 Å². The predicted molar refractivity (Wildman–Crippen MR) is 86.2 cm³/mol. The van der Waals surface area contributed by atoms with Gasteiger partial charge in [-0.1, -0.05) is 12.1 Å². The molecule has 2 atom stereocenters. The highest BCUT2D eigenvalue weighted by atomic mass is 32.1. The normalized spacial score (nSPS) is 13.9. The fourth-order valence-corrected chi connectivity index (χ4v) is 2.87. The van der Waals surface area contributed by atoms with Crippen LogP contribution in [0.1, 0.15) is 36.4 Å². The summed E-state index contributed by atoms with van der Waals surface area (Å²) in [5, 5.41) is 5.06. The summed E-state index contributed by atoms with van der Waals surface area (Å²) in [7, 11) is 1.95. The second-order valence-corrected chi connectivity index (χ2v) is 6.16. The first-order valence-corrected chi connectivity index (χ1v) is 7.89. The van der Waals surface area contributed by atoms with Gasteiger partial charge in [-0.05, 0) is 44.0 Å². The quantitative estimate of drug-likeness (QED) is 0.892. The van der Waals surface area contributed by atoms with Gasteiger partial charge in [-0.25, -0.2) is 0 Å². The second-order valence-electron chi connectivity index (χ2n) is 5.18. The fraction of sp³-hybridized carbons (Fsp3) is 0.375. The molecule has 0 aromatic carbocycles. The number of thiophene rings is 1. The van der Waals surface area contributed by atoms with Gasteiger partial charge in [0.1, 0.15) is 0 Å². The van der Waals surface area contributed by atoms with E-state index >= 15 is 0 Å². The summed E-state index contributed by atoms with van der Waals surface area (Å²) < 4.78 is 0. The lowest BCUT2D eigenvalue weighted by Gasteiger charge is -2.25. The van der Waals surface area contributed by atoms with Gasteiger partial charge < -0.3 is 5.32 Å². The Hall–Kier alpha value is -1.72. The lowest BCUT2D eigenvalue weighted by Crippen LogP contribution is -2.37. The topological polar surface area (TPSA) is 45.2 Å². The molecule has 1 N–H and O–H groups in total. The molecule has 0 bridgehead atoms. The highest BCUT2D eigenvalue weighted by Crippen LogP contribution is 2.19. The molecule has 4 nitrogen and oxygen atoms in total. The second kappa shape index (κ2) is 7.33. The van der Waals surface area contributed by atoms with Crippen molar-refractivity contribution in [2.45, 2.75) is 25.9 Å². The highest BCUT2D eigenvalue weighted by Gasteiger charge is 2.16. The van der Waals surface area contributed by atoms with Crippen LogP contribution in [0.5, 0.6) is 0 Å². The Morgan fingerprint density at radius 1 is 1.38 bits per heavy atom. The summed E-state index contributed by atoms with van der Waals surface area (Å²) in [5.41, 5.74) is 1.11. The Morgan fingerprint density at radius 3 is 2.81 bits per heavy atom. The van der Waals surface area contributed by atoms with Gasteiger partial charge in [0.05, 0.1) is 12.6 Å². The van der Waals surface area contributed by atoms with Crippen LogP contribution < -0.4 is 5.32 Å². The summed E-state index contributed by atoms with van der Waals surface area (Å²) in [6.07, 6.45) is 3.60. The molecule has 0 saturated heterocycles. The molecule has 2 aromatic rings. The van der Waals surface area contributed by atoms with Gasteiger partial charge in [-0.2, -0.15) is 0 Å². The molecule has 1 amide bonds. The van der Waals surface area contributed by atoms with Gasteiger partial charge in [0.15, 0.2) is 0 Å². The molecule has 2 aromatic heterocycles. The molecule has 0 radical (unpaired) electrons. The molecule has 2 rings (SSSR count). The minimum Gasteiger partial charge on any atom is -0.348 e. The third-order valence-electron chi connectivity index (χ3n) is 3.57. The van der Waals surface area contributed by atoms with Crippen molar-refractivity contribution in [1.29, 1.82) is 0 Å². The van der Waals surface area contributed by atoms with Crippen molar-refractivity contribution in [2.24, 2.45) is 0 Å². The van der Waals surface area contributed by atoms with E-state index < -0.39 is 0 Å². The number of carbonyl (C=O) groups is 1. The van der Waals surface area contributed by atoms with Gasteiger partial charge in [0.2, 0.25) is 5.91 Å². The molecule has 0 aliphatic carbocycles. The van der Waals surface area contributed by atoms with Crippen LogP contribution in [-0.4, -0.2) is 29.4 Å². The van der Waals surface area contributed by atoms with Crippen LogP contribution in [0.25, 0.3) is 0 Å². The molecular weight excluding hydrogens is 282 g/mol. The van der Waals surface area contributed by atoms with Crippen molar-refractivity contribution >= 4 is 17.2 Å². The van der Waals surface area contributed by atoms with Crippen LogP contribution in [0, 0.1) is 0 Å². The van der Waals surface area contributed by atoms with Crippen molar-refractivity contribution in [3.05, 3.63) is 52.5 Å². The Labute approximate surface area is 129 Å². The Morgan fingerprint density at radius 2 is 2.19 bits per heavy atom. The van der Waals surface area contributed by atoms with Crippen LogP contribution in [-0.2, 0) is 4.79 Å². The smallest absolute Gasteiger partial charge is 0.234 e. The van der Waals surface area contributed by atoms with E-state index in [4.69, 9.17) is 0 Å². The average molecular weight is 303 g/mol. The largest absolute Gasteiger partial charge is 0.348 e. The van der Waals surface area contributed by atoms with E-state index in [9.17, 15) is 4.79 Å². The summed E-state index contributed by atoms with van der Waals surface area (Å²) in [6, 6.07) is 8.19. The monoisotopic (exact) mass is 303 g/mol. The SMILES string of the molecule is C[C@H](c1cccnc1)N(C)CC(=O)N[C@H](C)c1cccs1. The first-order valence-electron chi connectivity index (χ1n) is 7.01. The number of hydrogen-bond acceptors (Lipinski definition) is 4. The molecule has 2 heterocycles. The van der Waals surface area contributed by atoms with Crippen molar-refractivity contribution < 1.29 is 4.79 Å². The average Bonchev–Trinajstić information content (AvgIpc) is 3.01. The van der Waals surface area contributed by atoms with E-state index in [2.05, 4.69) is 17.2 Å². The number of likely N-dealkylation sites (N-methyl/N-ethyl adjacent to an activating group) is 1. The lowest BCUT2D eigenvalue weighted by molar-refractivity contribution is -0.123. The molecule has 0 unspecified atom stereocenters. The van der Waals surface area contributed by atoms with Gasteiger partial charge >= 0.3 is 0 Å². The Balaban J connectivity index is 1.87. The highest BCUT2D eigenvalue weighted by molar-refractivity contribution is 7.10. The minimum absolute atomic E-state index is 0.0362. The summed E-state index contributed by atoms with van der Waals surface area (Å²) in [6.45, 7) is 4.45. The van der Waals surface area contributed by atoms with Gasteiger partial charge in [0, 0.05) is 23.3 Å². The zero-order valence-corrected chi connectivity index (χ0v) is 13.4. The standard InChI is InChI=1S/C16H21N3OS/c1-12(15-7-5-9-21-15)18-16(20)11-19(3)13(2)14-6-4-8-17-10-14/h4-10,12-13H,11H2,1-3H3,(H,18,20)/t12-,13-/m1/s1. The molecule has 0 spiro atoms. The maximum Gasteiger partial charge on any atom is 0.234 e. The number of pyridine rings is 1. The zero-order valence-electron chi connectivity index (χ0n) is 12.6. The number of nitrogens with one attached hydrogen (secondary N) is 1. The maximum atomic E-state index is 12.1. The van der Waals surface area contributed by atoms with E-state index in [0.29, 0.717) is 6.54 Å². The van der Waals surface area contributed by atoms with Crippen LogP contribution in [0.2, 0.25) is 0 Å². The van der Waals surface area contributed by atoms with E-state index in [1.54, 1.807) is 17.5 Å². The third kappa shape index (κ3) is 4.37. The Kier molecular flexibility index (Phi) is 5.47. The molecule has 0 aliphatic rings. The summed E-state index contributed by atoms with van der Waals surface area (Å²) in [4.78, 5) is 19.4. The zero-order chi connectivity index (χ0) is 15.2. The Bertz CT molecular complexity index is 556. The number of aromatic nitrogens is 1. The van der Waals surface area contributed by atoms with Crippen LogP contribution in [0.15, 0.2) is 42.0 Å². The first-order chi connectivity index (χ1) is 10.1. The molecule has 21 heavy (non-hydrogen) atoms. The number of carbonyl (C=O) groups excluding carboxylic acids is 1. The van der Waals surface area contributed by atoms with Gasteiger partial charge in [-0.3, -0.25) is 14.7 Å². The fourth-order valence-electron chi connectivity index (χ4n) is 2.14. The van der Waals surface area contributed by atoms with Crippen LogP contribution in [0.3, 0.4) is 0 Å². The van der Waals surface area contributed by atoms with E-state index in [0.717, 1.165) is 5.56 Å². The number of rotatable bonds is 6. The van der Waals surface area contributed by atoms with Gasteiger partial charge in [0.25, 0.3) is 0 Å². The lowest BCUT2D eigenvalue weighted by atomic mass is 10.1. The maximum absolute atomic E-state index is 12.1. The third-order valence-corrected chi connectivity index (χ3v) is 4.62. The van der Waals surface area contributed by atoms with Crippen LogP contribution >= 0.6 is 11.3 Å². The van der Waals surface area contributed by atoms with Gasteiger partial charge in [-0.15, -0.1) is 11.3 Å². The predicted octanol–water partition coefficient (Wildman–Crippen LogP) is 3.01. The molecule has 0 fully saturated rings. The molecule has 0 saturated carbocycles. The number of hydrogen-bond donors (Lipinski definition) is 1. The molecule has 5 heteroatoms. The molecule has 0 aliphatic heterocycles. The van der Waals surface area contributed by atoms with E-state index in [1.165, 1.54) is 4.88 Å². The first kappa shape index (κ1) is 15.7. The molecule has 112 valence electrons. The molecular formula is C16H21N3OS. The van der Waals surface area contributed by atoms with Crippen molar-refractivity contribution in [1.82, 2.24) is 15.2 Å². The van der Waals surface area contributed by atoms with E-state index in [1.807, 2.05) is 54.7 Å². The summed E-state index contributed by atoms with van der Waals surface area (Å²) >= 11 is 1.66. The number of amides is 1.